The van der Waals surface area contributed by atoms with Gasteiger partial charge in [-0.25, -0.2) is 9.97 Å². The Morgan fingerprint density at radius 1 is 0.950 bits per heavy atom. The maximum absolute atomic E-state index is 8.58. The van der Waals surface area contributed by atoms with Crippen LogP contribution in [0, 0.1) is 0 Å². The third-order valence-electron chi connectivity index (χ3n) is 2.02. The first-order valence-corrected chi connectivity index (χ1v) is 8.29. The minimum absolute atomic E-state index is 0.0473. The van der Waals surface area contributed by atoms with E-state index in [4.69, 9.17) is 19.7 Å². The molecular formula is C12H20N2O4S2. The van der Waals surface area contributed by atoms with Gasteiger partial charge in [-0.05, 0) is 6.07 Å². The van der Waals surface area contributed by atoms with Gasteiger partial charge in [-0.3, -0.25) is 0 Å². The molecule has 0 aliphatic carbocycles. The highest BCUT2D eigenvalue weighted by Crippen LogP contribution is 2.18. The summed E-state index contributed by atoms with van der Waals surface area (Å²) in [5, 5.41) is 18.8. The lowest BCUT2D eigenvalue weighted by Crippen LogP contribution is -2.03. The second-order valence-corrected chi connectivity index (χ2v) is 5.72. The molecule has 114 valence electrons. The van der Waals surface area contributed by atoms with E-state index in [2.05, 4.69) is 9.97 Å². The normalized spacial score (nSPS) is 10.9. The molecule has 1 rings (SSSR count). The molecule has 0 saturated carbocycles. The first-order valence-electron chi connectivity index (χ1n) is 6.32. The first-order chi connectivity index (χ1) is 9.86. The standard InChI is InChI=1S/C12H20N2O4S2/c15-3-5-17-7-9-19-11-1-2-13-12(14-11)20-10-8-18-6-4-16/h1-2,15-16H,3-10H2. The van der Waals surface area contributed by atoms with Gasteiger partial charge in [-0.1, -0.05) is 11.8 Å². The quantitative estimate of drug-likeness (QED) is 0.252. The Hall–Kier alpha value is -0.380. The predicted molar refractivity (Wildman–Crippen MR) is 79.3 cm³/mol. The van der Waals surface area contributed by atoms with Crippen LogP contribution >= 0.6 is 23.5 Å². The summed E-state index contributed by atoms with van der Waals surface area (Å²) in [6.07, 6.45) is 1.74. The Balaban J connectivity index is 2.19. The molecular weight excluding hydrogens is 300 g/mol. The molecule has 1 aromatic rings. The van der Waals surface area contributed by atoms with Crippen LogP contribution in [0.5, 0.6) is 0 Å². The molecule has 2 N–H and O–H groups in total. The van der Waals surface area contributed by atoms with Gasteiger partial charge >= 0.3 is 0 Å². The number of aliphatic hydroxyl groups excluding tert-OH is 2. The number of hydrogen-bond donors (Lipinski definition) is 2. The molecule has 0 aliphatic heterocycles. The molecule has 0 amide bonds. The van der Waals surface area contributed by atoms with Gasteiger partial charge in [-0.15, -0.1) is 11.8 Å². The maximum Gasteiger partial charge on any atom is 0.188 e. The van der Waals surface area contributed by atoms with Gasteiger partial charge in [0.2, 0.25) is 0 Å². The molecule has 0 atom stereocenters. The summed E-state index contributed by atoms with van der Waals surface area (Å²) < 4.78 is 10.3. The molecule has 20 heavy (non-hydrogen) atoms. The van der Waals surface area contributed by atoms with E-state index in [1.165, 1.54) is 11.8 Å². The fraction of sp³-hybridized carbons (Fsp3) is 0.667. The van der Waals surface area contributed by atoms with Crippen LogP contribution in [0.15, 0.2) is 22.4 Å². The van der Waals surface area contributed by atoms with Crippen molar-refractivity contribution in [2.24, 2.45) is 0 Å². The van der Waals surface area contributed by atoms with Crippen molar-refractivity contribution in [3.05, 3.63) is 12.3 Å². The van der Waals surface area contributed by atoms with E-state index in [1.807, 2.05) is 6.07 Å². The number of aromatic nitrogens is 2. The van der Waals surface area contributed by atoms with E-state index >= 15 is 0 Å². The molecule has 0 aromatic carbocycles. The van der Waals surface area contributed by atoms with E-state index < -0.39 is 0 Å². The summed E-state index contributed by atoms with van der Waals surface area (Å²) >= 11 is 3.12. The lowest BCUT2D eigenvalue weighted by atomic mass is 10.7. The SMILES string of the molecule is OCCOCCSc1ccnc(SCCOCCO)n1. The van der Waals surface area contributed by atoms with E-state index in [0.717, 1.165) is 21.7 Å². The topological polar surface area (TPSA) is 84.7 Å². The van der Waals surface area contributed by atoms with E-state index in [1.54, 1.807) is 18.0 Å². The van der Waals surface area contributed by atoms with Gasteiger partial charge in [0.1, 0.15) is 5.03 Å². The minimum Gasteiger partial charge on any atom is -0.394 e. The molecule has 0 saturated heterocycles. The van der Waals surface area contributed by atoms with Crippen LogP contribution < -0.4 is 0 Å². The Bertz CT molecular complexity index is 329. The van der Waals surface area contributed by atoms with Crippen LogP contribution in [0.25, 0.3) is 0 Å². The van der Waals surface area contributed by atoms with Crippen molar-refractivity contribution >= 4 is 23.5 Å². The molecule has 0 aliphatic rings. The van der Waals surface area contributed by atoms with Crippen LogP contribution in [0.1, 0.15) is 0 Å². The van der Waals surface area contributed by atoms with Crippen molar-refractivity contribution in [3.8, 4) is 0 Å². The lowest BCUT2D eigenvalue weighted by Gasteiger charge is -2.04. The Labute approximate surface area is 127 Å². The van der Waals surface area contributed by atoms with E-state index in [9.17, 15) is 0 Å². The van der Waals surface area contributed by atoms with Crippen LogP contribution in [0.2, 0.25) is 0 Å². The molecule has 0 fully saturated rings. The number of nitrogens with zero attached hydrogens (tertiary/aromatic N) is 2. The fourth-order valence-corrected chi connectivity index (χ4v) is 2.66. The zero-order chi connectivity index (χ0) is 14.5. The highest BCUT2D eigenvalue weighted by molar-refractivity contribution is 7.99. The summed E-state index contributed by atoms with van der Waals surface area (Å²) in [5.41, 5.74) is 0. The monoisotopic (exact) mass is 320 g/mol. The molecule has 0 bridgehead atoms. The number of thioether (sulfide) groups is 2. The second-order valence-electron chi connectivity index (χ2n) is 3.55. The van der Waals surface area contributed by atoms with Crippen LogP contribution in [0.4, 0.5) is 0 Å². The molecule has 0 radical (unpaired) electrons. The largest absolute Gasteiger partial charge is 0.394 e. The van der Waals surface area contributed by atoms with Gasteiger partial charge in [0.15, 0.2) is 5.16 Å². The van der Waals surface area contributed by atoms with Crippen molar-refractivity contribution in [2.45, 2.75) is 10.2 Å². The van der Waals surface area contributed by atoms with Crippen molar-refractivity contribution in [2.75, 3.05) is 51.1 Å². The minimum atomic E-state index is 0.0473. The molecule has 8 heteroatoms. The summed E-state index contributed by atoms with van der Waals surface area (Å²) in [6.45, 7) is 2.00. The number of aliphatic hydroxyl groups is 2. The van der Waals surface area contributed by atoms with Crippen molar-refractivity contribution < 1.29 is 19.7 Å². The van der Waals surface area contributed by atoms with E-state index in [-0.39, 0.29) is 13.2 Å². The molecule has 1 aromatic heterocycles. The second kappa shape index (κ2) is 12.4. The van der Waals surface area contributed by atoms with Gasteiger partial charge in [-0.2, -0.15) is 0 Å². The average molecular weight is 320 g/mol. The number of ether oxygens (including phenoxy) is 2. The molecule has 0 spiro atoms. The van der Waals surface area contributed by atoms with Crippen LogP contribution in [0.3, 0.4) is 0 Å². The predicted octanol–water partition coefficient (Wildman–Crippen LogP) is 0.679. The van der Waals surface area contributed by atoms with Crippen molar-refractivity contribution in [3.63, 3.8) is 0 Å². The van der Waals surface area contributed by atoms with Gasteiger partial charge in [0, 0.05) is 17.7 Å². The summed E-state index contributed by atoms with van der Waals surface area (Å²) in [6, 6.07) is 1.86. The fourth-order valence-electron chi connectivity index (χ4n) is 1.21. The molecule has 6 nitrogen and oxygen atoms in total. The average Bonchev–Trinajstić information content (AvgIpc) is 2.47. The summed E-state index contributed by atoms with van der Waals surface area (Å²) in [7, 11) is 0. The van der Waals surface area contributed by atoms with Crippen molar-refractivity contribution in [1.82, 2.24) is 9.97 Å². The van der Waals surface area contributed by atoms with E-state index in [0.29, 0.717) is 26.4 Å². The zero-order valence-electron chi connectivity index (χ0n) is 11.2. The number of hydrogen-bond acceptors (Lipinski definition) is 8. The highest BCUT2D eigenvalue weighted by atomic mass is 32.2. The zero-order valence-corrected chi connectivity index (χ0v) is 12.9. The lowest BCUT2D eigenvalue weighted by molar-refractivity contribution is 0.103. The van der Waals surface area contributed by atoms with Gasteiger partial charge in [0.05, 0.1) is 39.6 Å². The Morgan fingerprint density at radius 3 is 2.25 bits per heavy atom. The van der Waals surface area contributed by atoms with Crippen molar-refractivity contribution in [1.29, 1.82) is 0 Å². The third-order valence-corrected chi connectivity index (χ3v) is 3.74. The third kappa shape index (κ3) is 8.72. The summed E-state index contributed by atoms with van der Waals surface area (Å²) in [5.74, 6) is 1.55. The number of rotatable bonds is 12. The van der Waals surface area contributed by atoms with Gasteiger partial charge < -0.3 is 19.7 Å². The van der Waals surface area contributed by atoms with Crippen LogP contribution in [-0.2, 0) is 9.47 Å². The first kappa shape index (κ1) is 17.7. The Morgan fingerprint density at radius 2 is 1.60 bits per heavy atom. The molecule has 1 heterocycles. The highest BCUT2D eigenvalue weighted by Gasteiger charge is 2.01. The van der Waals surface area contributed by atoms with Crippen LogP contribution in [-0.4, -0.2) is 71.3 Å². The molecule has 0 unspecified atom stereocenters. The maximum atomic E-state index is 8.58. The Kier molecular flexibility index (Phi) is 10.9. The van der Waals surface area contributed by atoms with Gasteiger partial charge in [0.25, 0.3) is 0 Å². The summed E-state index contributed by atoms with van der Waals surface area (Å²) in [4.78, 5) is 8.60. The smallest absolute Gasteiger partial charge is 0.188 e.